The fourth-order valence-corrected chi connectivity index (χ4v) is 4.45. The third-order valence-corrected chi connectivity index (χ3v) is 6.17. The summed E-state index contributed by atoms with van der Waals surface area (Å²) in [6.45, 7) is 8.95. The number of nitrogens with zero attached hydrogens (tertiary/aromatic N) is 1. The van der Waals surface area contributed by atoms with Crippen LogP contribution in [-0.2, 0) is 23.9 Å². The van der Waals surface area contributed by atoms with Crippen molar-refractivity contribution < 1.29 is 29.0 Å². The van der Waals surface area contributed by atoms with E-state index < -0.39 is 29.9 Å². The van der Waals surface area contributed by atoms with Gasteiger partial charge in [-0.05, 0) is 57.2 Å². The fraction of sp³-hybridized carbons (Fsp3) is 0.556. The summed E-state index contributed by atoms with van der Waals surface area (Å²) in [5.41, 5.74) is 1.66. The van der Waals surface area contributed by atoms with Crippen LogP contribution in [-0.4, -0.2) is 59.4 Å². The molecule has 0 aliphatic carbocycles. The first-order valence-corrected chi connectivity index (χ1v) is 12.4. The highest BCUT2D eigenvalue weighted by atomic mass is 16.5. The first kappa shape index (κ1) is 28.9. The highest BCUT2D eigenvalue weighted by molar-refractivity contribution is 5.90. The molecule has 0 unspecified atom stereocenters. The van der Waals surface area contributed by atoms with Gasteiger partial charge < -0.3 is 25.4 Å². The van der Waals surface area contributed by atoms with E-state index in [1.807, 2.05) is 27.7 Å². The Labute approximate surface area is 213 Å². The Bertz CT molecular complexity index is 974. The molecule has 3 amide bonds. The van der Waals surface area contributed by atoms with Gasteiger partial charge in [-0.1, -0.05) is 37.6 Å². The van der Waals surface area contributed by atoms with Crippen LogP contribution >= 0.6 is 0 Å². The van der Waals surface area contributed by atoms with Crippen LogP contribution in [0.5, 0.6) is 5.75 Å². The van der Waals surface area contributed by atoms with E-state index in [0.29, 0.717) is 18.4 Å². The molecule has 9 heteroatoms. The topological polar surface area (TPSA) is 125 Å². The molecule has 5 atom stereocenters. The monoisotopic (exact) mass is 501 g/mol. The number of cyclic esters (lactones) is 1. The number of carbonyl (C=O) groups excluding carboxylic acids is 4. The maximum absolute atomic E-state index is 12.8. The van der Waals surface area contributed by atoms with E-state index in [-0.39, 0.29) is 42.6 Å². The van der Waals surface area contributed by atoms with E-state index in [9.17, 15) is 24.3 Å². The maximum Gasteiger partial charge on any atom is 0.308 e. The predicted molar refractivity (Wildman–Crippen MR) is 136 cm³/mol. The Kier molecular flexibility index (Phi) is 10.5. The third-order valence-electron chi connectivity index (χ3n) is 6.17. The summed E-state index contributed by atoms with van der Waals surface area (Å²) in [5, 5.41) is 15.2. The van der Waals surface area contributed by atoms with Crippen molar-refractivity contribution in [3.8, 4) is 5.75 Å². The molecule has 0 saturated heterocycles. The summed E-state index contributed by atoms with van der Waals surface area (Å²) in [5.74, 6) is -1.73. The number of rotatable bonds is 1. The minimum absolute atomic E-state index is 0.0606. The molecule has 0 aromatic heterocycles. The van der Waals surface area contributed by atoms with Crippen LogP contribution in [0.25, 0.3) is 0 Å². The molecule has 1 aromatic carbocycles. The van der Waals surface area contributed by atoms with Crippen LogP contribution in [0.15, 0.2) is 35.9 Å². The Morgan fingerprint density at radius 2 is 1.61 bits per heavy atom. The summed E-state index contributed by atoms with van der Waals surface area (Å²) in [7, 11) is 1.48. The first-order chi connectivity index (χ1) is 16.8. The molecule has 0 spiro atoms. The number of esters is 1. The lowest BCUT2D eigenvalue weighted by atomic mass is 9.95. The smallest absolute Gasteiger partial charge is 0.308 e. The molecule has 9 nitrogen and oxygen atoms in total. The zero-order valence-electron chi connectivity index (χ0n) is 22.0. The number of phenols is 1. The molecule has 0 fully saturated rings. The van der Waals surface area contributed by atoms with Gasteiger partial charge in [0.25, 0.3) is 0 Å². The van der Waals surface area contributed by atoms with Crippen molar-refractivity contribution in [3.05, 3.63) is 41.5 Å². The lowest BCUT2D eigenvalue weighted by molar-refractivity contribution is -0.149. The van der Waals surface area contributed by atoms with Gasteiger partial charge in [-0.3, -0.25) is 19.2 Å². The molecule has 1 aliphatic heterocycles. The maximum atomic E-state index is 12.8. The molecule has 1 aliphatic rings. The average molecular weight is 502 g/mol. The summed E-state index contributed by atoms with van der Waals surface area (Å²) in [4.78, 5) is 52.2. The molecule has 0 bridgehead atoms. The van der Waals surface area contributed by atoms with Crippen molar-refractivity contribution in [2.45, 2.75) is 72.1 Å². The first-order valence-electron chi connectivity index (χ1n) is 12.4. The average Bonchev–Trinajstić information content (AvgIpc) is 2.77. The number of benzene rings is 1. The second kappa shape index (κ2) is 13.1. The molecule has 36 heavy (non-hydrogen) atoms. The van der Waals surface area contributed by atoms with Crippen molar-refractivity contribution in [2.75, 3.05) is 13.6 Å². The molecule has 0 radical (unpaired) electrons. The van der Waals surface area contributed by atoms with Crippen molar-refractivity contribution in [1.82, 2.24) is 15.5 Å². The van der Waals surface area contributed by atoms with Gasteiger partial charge in [0.1, 0.15) is 11.8 Å². The highest BCUT2D eigenvalue weighted by Gasteiger charge is 2.26. The second-order valence-electron chi connectivity index (χ2n) is 9.97. The minimum atomic E-state index is -0.799. The lowest BCUT2D eigenvalue weighted by Gasteiger charge is -2.25. The highest BCUT2D eigenvalue weighted by Crippen LogP contribution is 2.22. The Hall–Kier alpha value is -3.36. The van der Waals surface area contributed by atoms with Crippen LogP contribution in [0, 0.1) is 11.8 Å². The number of ether oxygens (including phenoxy) is 1. The summed E-state index contributed by atoms with van der Waals surface area (Å²) in [6.07, 6.45) is 2.77. The van der Waals surface area contributed by atoms with E-state index >= 15 is 0 Å². The molecule has 2 rings (SSSR count). The van der Waals surface area contributed by atoms with Crippen molar-refractivity contribution in [1.29, 1.82) is 0 Å². The van der Waals surface area contributed by atoms with Crippen LogP contribution in [0.2, 0.25) is 0 Å². The fourth-order valence-electron chi connectivity index (χ4n) is 4.45. The predicted octanol–water partition coefficient (Wildman–Crippen LogP) is 2.85. The number of likely N-dealkylation sites (N-methyl/N-ethyl adjacent to an activating group) is 1. The minimum Gasteiger partial charge on any atom is -0.508 e. The van der Waals surface area contributed by atoms with E-state index in [2.05, 4.69) is 16.7 Å². The zero-order chi connectivity index (χ0) is 27.0. The Morgan fingerprint density at radius 1 is 0.972 bits per heavy atom. The van der Waals surface area contributed by atoms with E-state index in [1.165, 1.54) is 24.1 Å². The number of carbonyl (C=O) groups is 4. The van der Waals surface area contributed by atoms with Gasteiger partial charge in [-0.2, -0.15) is 0 Å². The number of amides is 3. The van der Waals surface area contributed by atoms with Gasteiger partial charge >= 0.3 is 5.97 Å². The molecule has 1 heterocycles. The van der Waals surface area contributed by atoms with Crippen LogP contribution in [0.4, 0.5) is 0 Å². The summed E-state index contributed by atoms with van der Waals surface area (Å²) in [6, 6.07) is 4.68. The number of nitrogens with one attached hydrogen (secondary N) is 2. The number of aromatic hydroxyl groups is 1. The van der Waals surface area contributed by atoms with Crippen molar-refractivity contribution >= 4 is 23.7 Å². The Morgan fingerprint density at radius 3 is 2.25 bits per heavy atom. The van der Waals surface area contributed by atoms with Crippen molar-refractivity contribution in [2.24, 2.45) is 11.8 Å². The number of hydrogen-bond donors (Lipinski definition) is 3. The molecule has 1 aromatic rings. The van der Waals surface area contributed by atoms with Crippen molar-refractivity contribution in [3.63, 3.8) is 0 Å². The molecule has 3 N–H and O–H groups in total. The Balaban J connectivity index is 2.30. The van der Waals surface area contributed by atoms with Gasteiger partial charge in [0.2, 0.25) is 17.7 Å². The summed E-state index contributed by atoms with van der Waals surface area (Å²) >= 11 is 0. The van der Waals surface area contributed by atoms with Gasteiger partial charge in [-0.15, -0.1) is 0 Å². The second-order valence-corrected chi connectivity index (χ2v) is 9.97. The SMILES string of the molecule is C/C1=C\[C@H](C)C[C@H](C)OC(=O)C[C@H](c2ccc(O)cc2)NC(=O)CN(C)C(=O)[C@H](C)NC(=O)[C@H](C)C1. The number of hydrogen-bond acceptors (Lipinski definition) is 6. The van der Waals surface area contributed by atoms with Crippen LogP contribution in [0.1, 0.15) is 65.5 Å². The largest absolute Gasteiger partial charge is 0.508 e. The van der Waals surface area contributed by atoms with E-state index in [4.69, 9.17) is 4.74 Å². The van der Waals surface area contributed by atoms with Crippen LogP contribution in [0.3, 0.4) is 0 Å². The van der Waals surface area contributed by atoms with Gasteiger partial charge in [0.05, 0.1) is 25.1 Å². The normalized spacial score (nSPS) is 29.6. The quantitative estimate of drug-likeness (QED) is 0.401. The standard InChI is InChI=1S/C27H39N3O6/c1-16-11-17(2)13-19(4)36-25(33)14-23(21-7-9-22(31)10-8-21)29-24(32)15-30(6)27(35)20(5)28-26(34)18(3)12-16/h7-11,17-20,23,31H,12-15H2,1-6H3,(H,28,34)(H,29,32)/b16-11+/t17-,18+,19-,20-,23+/m0/s1. The summed E-state index contributed by atoms with van der Waals surface area (Å²) < 4.78 is 5.63. The van der Waals surface area contributed by atoms with E-state index in [0.717, 1.165) is 5.57 Å². The van der Waals surface area contributed by atoms with Gasteiger partial charge in [0.15, 0.2) is 0 Å². The third kappa shape index (κ3) is 9.02. The van der Waals surface area contributed by atoms with E-state index in [1.54, 1.807) is 19.1 Å². The van der Waals surface area contributed by atoms with Gasteiger partial charge in [-0.25, -0.2) is 0 Å². The molecule has 0 saturated carbocycles. The molecular formula is C27H39N3O6. The molecule has 198 valence electrons. The lowest BCUT2D eigenvalue weighted by Crippen LogP contribution is -2.49. The molecular weight excluding hydrogens is 462 g/mol. The number of allylic oxidation sites excluding steroid dienone is 2. The van der Waals surface area contributed by atoms with Crippen LogP contribution < -0.4 is 10.6 Å². The number of phenolic OH excluding ortho intramolecular Hbond substituents is 1. The zero-order valence-corrected chi connectivity index (χ0v) is 22.0. The van der Waals surface area contributed by atoms with Gasteiger partial charge in [0, 0.05) is 13.0 Å².